The first-order valence-corrected chi connectivity index (χ1v) is 11.9. The minimum absolute atomic E-state index is 0.285. The zero-order valence-corrected chi connectivity index (χ0v) is 16.8. The topological polar surface area (TPSA) is 61.8 Å². The number of hydrogen-bond donors (Lipinski definition) is 0. The zero-order valence-electron chi connectivity index (χ0n) is 15.2. The summed E-state index contributed by atoms with van der Waals surface area (Å²) in [5.41, 5.74) is -5.44. The molecule has 2 aromatic carbocycles. The van der Waals surface area contributed by atoms with Crippen LogP contribution in [0.2, 0.25) is 0 Å². The molecule has 1 aliphatic rings. The van der Waals surface area contributed by atoms with Crippen molar-refractivity contribution in [3.63, 3.8) is 0 Å². The summed E-state index contributed by atoms with van der Waals surface area (Å²) in [6.45, 7) is 0.790. The number of alkyl halides is 3. The third-order valence-electron chi connectivity index (χ3n) is 4.47. The summed E-state index contributed by atoms with van der Waals surface area (Å²) in [4.78, 5) is 0.527. The van der Waals surface area contributed by atoms with Gasteiger partial charge < -0.3 is 9.47 Å². The average molecular weight is 438 g/mol. The summed E-state index contributed by atoms with van der Waals surface area (Å²) in [7, 11) is -6.73. The Balaban J connectivity index is 2.02. The minimum atomic E-state index is -5.68. The van der Waals surface area contributed by atoms with E-state index in [9.17, 15) is 21.6 Å². The van der Waals surface area contributed by atoms with Gasteiger partial charge in [0.25, 0.3) is 0 Å². The van der Waals surface area contributed by atoms with Gasteiger partial charge in [0.05, 0.1) is 6.61 Å². The molecular weight excluding hydrogens is 417 g/mol. The van der Waals surface area contributed by atoms with Crippen LogP contribution in [0.3, 0.4) is 0 Å². The van der Waals surface area contributed by atoms with Gasteiger partial charge in [0.15, 0.2) is 0 Å². The van der Waals surface area contributed by atoms with Gasteiger partial charge in [0.2, 0.25) is 0 Å². The van der Waals surface area contributed by atoms with Crippen LogP contribution >= 0.6 is 10.3 Å². The summed E-state index contributed by atoms with van der Waals surface area (Å²) in [6.07, 6.45) is 1.24. The number of halogens is 3. The lowest BCUT2D eigenvalue weighted by atomic mass is 10.1. The highest BCUT2D eigenvalue weighted by atomic mass is 32.3. The van der Waals surface area contributed by atoms with E-state index < -0.39 is 25.9 Å². The van der Waals surface area contributed by atoms with Gasteiger partial charge in [0, 0.05) is 23.5 Å². The van der Waals surface area contributed by atoms with Crippen LogP contribution in [0.5, 0.6) is 5.75 Å². The first-order valence-electron chi connectivity index (χ1n) is 8.64. The second-order valence-electron chi connectivity index (χ2n) is 6.38. The van der Waals surface area contributed by atoms with Crippen molar-refractivity contribution in [1.29, 1.82) is 0 Å². The second-order valence-corrected chi connectivity index (χ2v) is 11.2. The van der Waals surface area contributed by atoms with Crippen molar-refractivity contribution >= 4 is 31.2 Å². The number of ether oxygens (including phenoxy) is 2. The lowest BCUT2D eigenvalue weighted by Crippen LogP contribution is -2.27. The molecule has 0 aromatic heterocycles. The fraction of sp³-hybridized carbons (Fsp3) is 0.444. The van der Waals surface area contributed by atoms with E-state index in [1.807, 2.05) is 6.07 Å². The molecule has 5 nitrogen and oxygen atoms in total. The first kappa shape index (κ1) is 21.2. The van der Waals surface area contributed by atoms with E-state index in [4.69, 9.17) is 13.1 Å². The Hall–Kier alpha value is -1.49. The molecule has 0 bridgehead atoms. The number of methoxy groups -OCH3 is 1. The van der Waals surface area contributed by atoms with E-state index in [-0.39, 0.29) is 11.5 Å². The Morgan fingerprint density at radius 3 is 2.43 bits per heavy atom. The van der Waals surface area contributed by atoms with Crippen LogP contribution in [-0.2, 0) is 18.5 Å². The first-order chi connectivity index (χ1) is 13.2. The highest BCUT2D eigenvalue weighted by Gasteiger charge is 2.52. The smallest absolute Gasteiger partial charge is 0.491 e. The molecule has 0 saturated carbocycles. The Morgan fingerprint density at radius 1 is 1.07 bits per heavy atom. The van der Waals surface area contributed by atoms with Crippen molar-refractivity contribution in [2.24, 2.45) is 0 Å². The molecule has 156 valence electrons. The Bertz CT molecular complexity index is 938. The molecule has 2 aromatic rings. The molecule has 0 radical (unpaired) electrons. The van der Waals surface area contributed by atoms with Crippen molar-refractivity contribution in [2.45, 2.75) is 23.2 Å². The Kier molecular flexibility index (Phi) is 6.14. The van der Waals surface area contributed by atoms with Gasteiger partial charge in [-0.3, -0.25) is 0 Å². The molecule has 0 atom stereocenters. The van der Waals surface area contributed by atoms with Gasteiger partial charge in [0.1, 0.15) is 12.4 Å². The molecule has 0 spiro atoms. The summed E-state index contributed by atoms with van der Waals surface area (Å²) in [5.74, 6) is 1.17. The molecule has 3 rings (SSSR count). The van der Waals surface area contributed by atoms with E-state index in [0.717, 1.165) is 5.39 Å². The maximum absolute atomic E-state index is 13.0. The van der Waals surface area contributed by atoms with Crippen LogP contribution in [0.25, 0.3) is 10.8 Å². The maximum atomic E-state index is 13.0. The predicted molar refractivity (Wildman–Crippen MR) is 102 cm³/mol. The maximum Gasteiger partial charge on any atom is 0.523 e. The molecule has 1 heterocycles. The van der Waals surface area contributed by atoms with Crippen LogP contribution in [0, 0.1) is 0 Å². The molecule has 0 aliphatic carbocycles. The molecule has 28 heavy (non-hydrogen) atoms. The van der Waals surface area contributed by atoms with Gasteiger partial charge >= 0.3 is 15.6 Å². The summed E-state index contributed by atoms with van der Waals surface area (Å²) < 4.78 is 77.9. The Labute approximate surface area is 163 Å². The zero-order chi connectivity index (χ0) is 20.4. The number of rotatable bonds is 7. The van der Waals surface area contributed by atoms with Crippen molar-refractivity contribution in [3.8, 4) is 5.75 Å². The number of fused-ring (bicyclic) bond motifs is 1. The van der Waals surface area contributed by atoms with E-state index in [2.05, 4.69) is 0 Å². The van der Waals surface area contributed by atoms with E-state index in [1.54, 1.807) is 37.4 Å². The van der Waals surface area contributed by atoms with E-state index in [0.29, 0.717) is 42.1 Å². The van der Waals surface area contributed by atoms with Gasteiger partial charge in [-0.1, -0.05) is 22.4 Å². The third-order valence-corrected chi connectivity index (χ3v) is 9.85. The van der Waals surface area contributed by atoms with Crippen molar-refractivity contribution in [1.82, 2.24) is 0 Å². The quantitative estimate of drug-likeness (QED) is 0.467. The van der Waals surface area contributed by atoms with Crippen LogP contribution < -0.4 is 4.74 Å². The average Bonchev–Trinajstić information content (AvgIpc) is 3.09. The normalized spacial score (nSPS) is 18.3. The summed E-state index contributed by atoms with van der Waals surface area (Å²) >= 11 is 0. The van der Waals surface area contributed by atoms with Crippen LogP contribution in [0.4, 0.5) is 13.2 Å². The molecular formula is C18H21F3O5S2. The third kappa shape index (κ3) is 4.24. The fourth-order valence-electron chi connectivity index (χ4n) is 3.20. The second kappa shape index (κ2) is 8.10. The Morgan fingerprint density at radius 2 is 1.79 bits per heavy atom. The van der Waals surface area contributed by atoms with Gasteiger partial charge in [-0.05, 0) is 47.9 Å². The van der Waals surface area contributed by atoms with Crippen molar-refractivity contribution < 1.29 is 34.7 Å². The van der Waals surface area contributed by atoms with Crippen LogP contribution in [0.15, 0.2) is 41.3 Å². The lowest BCUT2D eigenvalue weighted by Gasteiger charge is -2.35. The SMILES string of the molecule is COCCOc1ccc2c(S3(OS(=O)(=O)C(F)(F)F)CCCC3)cccc2c1. The van der Waals surface area contributed by atoms with E-state index >= 15 is 0 Å². The van der Waals surface area contributed by atoms with Gasteiger partial charge in [-0.25, -0.2) is 3.63 Å². The molecule has 10 heteroatoms. The highest BCUT2D eigenvalue weighted by molar-refractivity contribution is 8.33. The van der Waals surface area contributed by atoms with Gasteiger partial charge in [-0.15, -0.1) is 0 Å². The standard InChI is InChI=1S/C18H21F3O5S2/c1-24-9-10-25-15-7-8-16-14(13-15)5-4-6-17(16)27(11-2-3-12-27)26-28(22,23)18(19,20)21/h4-8,13H,2-3,9-12H2,1H3. The number of hydrogen-bond acceptors (Lipinski definition) is 5. The minimum Gasteiger partial charge on any atom is -0.491 e. The van der Waals surface area contributed by atoms with Crippen molar-refractivity contribution in [3.05, 3.63) is 36.4 Å². The summed E-state index contributed by atoms with van der Waals surface area (Å²) in [5, 5.41) is 1.43. The molecule has 0 amide bonds. The molecule has 1 saturated heterocycles. The highest BCUT2D eigenvalue weighted by Crippen LogP contribution is 2.64. The molecule has 0 N–H and O–H groups in total. The molecule has 0 unspecified atom stereocenters. The largest absolute Gasteiger partial charge is 0.523 e. The lowest BCUT2D eigenvalue weighted by molar-refractivity contribution is -0.0496. The summed E-state index contributed by atoms with van der Waals surface area (Å²) in [6, 6.07) is 10.4. The monoisotopic (exact) mass is 438 g/mol. The number of benzene rings is 2. The molecule has 1 fully saturated rings. The van der Waals surface area contributed by atoms with Gasteiger partial charge in [-0.2, -0.15) is 21.6 Å². The van der Waals surface area contributed by atoms with Crippen LogP contribution in [0.1, 0.15) is 12.8 Å². The van der Waals surface area contributed by atoms with Crippen molar-refractivity contribution in [2.75, 3.05) is 31.8 Å². The van der Waals surface area contributed by atoms with Crippen LogP contribution in [-0.4, -0.2) is 45.8 Å². The fourth-order valence-corrected chi connectivity index (χ4v) is 8.61. The predicted octanol–water partition coefficient (Wildman–Crippen LogP) is 4.60. The molecule has 1 aliphatic heterocycles. The van der Waals surface area contributed by atoms with E-state index in [1.165, 1.54) is 0 Å².